The van der Waals surface area contributed by atoms with E-state index in [4.69, 9.17) is 14.5 Å². The Bertz CT molecular complexity index is 1270. The first kappa shape index (κ1) is 24.1. The zero-order valence-electron chi connectivity index (χ0n) is 19.5. The number of halogens is 1. The summed E-state index contributed by atoms with van der Waals surface area (Å²) in [7, 11) is 0. The second kappa shape index (κ2) is 10.1. The van der Waals surface area contributed by atoms with Crippen LogP contribution in [0, 0.1) is 0 Å². The predicted octanol–water partition coefficient (Wildman–Crippen LogP) is 3.58. The molecule has 0 radical (unpaired) electrons. The number of hydrogen-bond donors (Lipinski definition) is 0. The molecule has 0 saturated carbocycles. The van der Waals surface area contributed by atoms with E-state index in [1.54, 1.807) is 29.3 Å². The zero-order valence-corrected chi connectivity index (χ0v) is 21.0. The van der Waals surface area contributed by atoms with Gasteiger partial charge >= 0.3 is 0 Å². The highest BCUT2D eigenvalue weighted by molar-refractivity contribution is 9.10. The van der Waals surface area contributed by atoms with Gasteiger partial charge in [0.1, 0.15) is 11.6 Å². The molecule has 0 N–H and O–H groups in total. The van der Waals surface area contributed by atoms with Crippen molar-refractivity contribution in [1.82, 2.24) is 14.6 Å². The number of fused-ring (bicyclic) bond motifs is 1. The van der Waals surface area contributed by atoms with Crippen molar-refractivity contribution in [3.8, 4) is 5.75 Å². The van der Waals surface area contributed by atoms with E-state index in [9.17, 15) is 9.59 Å². The number of carbonyl (C=O) groups excluding carboxylic acids is 1. The number of nitrogens with zero attached hydrogens (tertiary/aromatic N) is 4. The molecule has 0 atom stereocenters. The smallest absolute Gasteiger partial charge is 0.282 e. The highest BCUT2D eigenvalue weighted by Gasteiger charge is 2.23. The molecular formula is C25H27BrN4O4. The van der Waals surface area contributed by atoms with Crippen molar-refractivity contribution in [3.05, 3.63) is 68.7 Å². The Morgan fingerprint density at radius 2 is 1.88 bits per heavy atom. The molecule has 34 heavy (non-hydrogen) atoms. The monoisotopic (exact) mass is 526 g/mol. The van der Waals surface area contributed by atoms with Crippen molar-refractivity contribution >= 4 is 39.0 Å². The van der Waals surface area contributed by atoms with Gasteiger partial charge in [-0.25, -0.2) is 4.98 Å². The first-order valence-electron chi connectivity index (χ1n) is 11.1. The molecule has 1 amide bonds. The maximum atomic E-state index is 13.2. The summed E-state index contributed by atoms with van der Waals surface area (Å²) in [6.07, 6.45) is 1.62. The van der Waals surface area contributed by atoms with Crippen LogP contribution in [0.1, 0.15) is 32.2 Å². The third-order valence-electron chi connectivity index (χ3n) is 5.41. The van der Waals surface area contributed by atoms with Gasteiger partial charge in [0.05, 0.1) is 30.3 Å². The Labute approximate surface area is 206 Å². The van der Waals surface area contributed by atoms with E-state index < -0.39 is 0 Å². The molecule has 0 aliphatic carbocycles. The summed E-state index contributed by atoms with van der Waals surface area (Å²) < 4.78 is 13.1. The fourth-order valence-electron chi connectivity index (χ4n) is 3.56. The minimum Gasteiger partial charge on any atom is -0.484 e. The maximum Gasteiger partial charge on any atom is 0.282 e. The number of amides is 1. The van der Waals surface area contributed by atoms with Crippen LogP contribution >= 0.6 is 15.9 Å². The van der Waals surface area contributed by atoms with Crippen LogP contribution in [0.4, 0.5) is 0 Å². The van der Waals surface area contributed by atoms with E-state index in [1.165, 1.54) is 4.68 Å². The van der Waals surface area contributed by atoms with Crippen LogP contribution in [-0.4, -0.2) is 59.6 Å². The first-order chi connectivity index (χ1) is 16.2. The number of morpholine rings is 1. The summed E-state index contributed by atoms with van der Waals surface area (Å²) in [4.78, 5) is 31.9. The lowest BCUT2D eigenvalue weighted by Crippen LogP contribution is -2.42. The normalized spacial score (nSPS) is 14.6. The zero-order chi connectivity index (χ0) is 24.3. The first-order valence-corrected chi connectivity index (χ1v) is 11.9. The van der Waals surface area contributed by atoms with Crippen molar-refractivity contribution < 1.29 is 14.3 Å². The summed E-state index contributed by atoms with van der Waals surface area (Å²) in [6.45, 7) is 8.27. The molecule has 0 spiro atoms. The van der Waals surface area contributed by atoms with Crippen molar-refractivity contribution in [1.29, 1.82) is 0 Å². The van der Waals surface area contributed by atoms with Crippen LogP contribution in [0.25, 0.3) is 10.9 Å². The summed E-state index contributed by atoms with van der Waals surface area (Å²) >= 11 is 3.42. The molecule has 1 aliphatic rings. The van der Waals surface area contributed by atoms with Gasteiger partial charge < -0.3 is 14.4 Å². The van der Waals surface area contributed by atoms with E-state index in [2.05, 4.69) is 21.0 Å². The van der Waals surface area contributed by atoms with E-state index in [1.807, 2.05) is 45.0 Å². The predicted molar refractivity (Wildman–Crippen MR) is 135 cm³/mol. The highest BCUT2D eigenvalue weighted by Crippen LogP contribution is 2.23. The molecule has 1 saturated heterocycles. The quantitative estimate of drug-likeness (QED) is 0.474. The fraction of sp³-hybridized carbons (Fsp3) is 0.360. The van der Waals surface area contributed by atoms with Crippen LogP contribution in [0.2, 0.25) is 0 Å². The number of benzene rings is 2. The molecule has 4 rings (SSSR count). The Hall–Kier alpha value is -3.04. The third-order valence-corrected chi connectivity index (χ3v) is 5.90. The van der Waals surface area contributed by atoms with Gasteiger partial charge in [-0.15, -0.1) is 0 Å². The topological polar surface area (TPSA) is 86.0 Å². The Balaban J connectivity index is 1.53. The second-order valence-electron chi connectivity index (χ2n) is 9.06. The average Bonchev–Trinajstić information content (AvgIpc) is 2.82. The molecule has 9 heteroatoms. The van der Waals surface area contributed by atoms with Crippen molar-refractivity contribution in [2.24, 2.45) is 5.10 Å². The number of ether oxygens (including phenoxy) is 2. The number of rotatable bonds is 5. The molecule has 2 aromatic carbocycles. The van der Waals surface area contributed by atoms with E-state index in [0.717, 1.165) is 10.0 Å². The molecular weight excluding hydrogens is 500 g/mol. The van der Waals surface area contributed by atoms with Crippen LogP contribution in [-0.2, 0) is 14.9 Å². The molecule has 0 unspecified atom stereocenters. The Morgan fingerprint density at radius 1 is 1.18 bits per heavy atom. The molecule has 1 aromatic heterocycles. The minimum absolute atomic E-state index is 0.0178. The van der Waals surface area contributed by atoms with Gasteiger partial charge in [-0.3, -0.25) is 9.59 Å². The van der Waals surface area contributed by atoms with E-state index in [0.29, 0.717) is 48.8 Å². The fourth-order valence-corrected chi connectivity index (χ4v) is 3.93. The molecule has 1 fully saturated rings. The van der Waals surface area contributed by atoms with Gasteiger partial charge in [0.2, 0.25) is 0 Å². The standard InChI is InChI=1S/C25H27BrN4O4/c1-25(2,3)24-28-21-9-6-18(26)14-20(21)23(32)30(24)27-15-17-4-7-19(8-5-17)34-16-22(31)29-10-12-33-13-11-29/h4-9,14-15H,10-13,16H2,1-3H3. The molecule has 178 valence electrons. The van der Waals surface area contributed by atoms with Crippen LogP contribution in [0.5, 0.6) is 5.75 Å². The van der Waals surface area contributed by atoms with Crippen LogP contribution < -0.4 is 10.3 Å². The van der Waals surface area contributed by atoms with E-state index >= 15 is 0 Å². The van der Waals surface area contributed by atoms with Crippen LogP contribution in [0.15, 0.2) is 56.8 Å². The summed E-state index contributed by atoms with van der Waals surface area (Å²) in [5.41, 5.74) is 0.808. The van der Waals surface area contributed by atoms with Gasteiger partial charge in [0.25, 0.3) is 11.5 Å². The molecule has 1 aliphatic heterocycles. The van der Waals surface area contributed by atoms with Crippen LogP contribution in [0.3, 0.4) is 0 Å². The molecule has 3 aromatic rings. The number of carbonyl (C=O) groups is 1. The lowest BCUT2D eigenvalue weighted by atomic mass is 9.95. The highest BCUT2D eigenvalue weighted by atomic mass is 79.9. The third kappa shape index (κ3) is 5.53. The lowest BCUT2D eigenvalue weighted by molar-refractivity contribution is -0.137. The van der Waals surface area contributed by atoms with Gasteiger partial charge in [0.15, 0.2) is 6.61 Å². The average molecular weight is 527 g/mol. The lowest BCUT2D eigenvalue weighted by Gasteiger charge is -2.26. The molecule has 2 heterocycles. The van der Waals surface area contributed by atoms with Gasteiger partial charge in [-0.2, -0.15) is 9.78 Å². The van der Waals surface area contributed by atoms with Gasteiger partial charge in [-0.05, 0) is 48.0 Å². The van der Waals surface area contributed by atoms with Gasteiger partial charge in [-0.1, -0.05) is 36.7 Å². The Kier molecular flexibility index (Phi) is 7.13. The van der Waals surface area contributed by atoms with E-state index in [-0.39, 0.29) is 23.5 Å². The summed E-state index contributed by atoms with van der Waals surface area (Å²) in [5.74, 6) is 1.10. The van der Waals surface area contributed by atoms with Crippen molar-refractivity contribution in [2.75, 3.05) is 32.9 Å². The number of aromatic nitrogens is 2. The Morgan fingerprint density at radius 3 is 2.56 bits per heavy atom. The number of hydrogen-bond acceptors (Lipinski definition) is 6. The second-order valence-corrected chi connectivity index (χ2v) is 9.97. The largest absolute Gasteiger partial charge is 0.484 e. The van der Waals surface area contributed by atoms with Gasteiger partial charge in [0, 0.05) is 23.0 Å². The SMILES string of the molecule is CC(C)(C)c1nc2ccc(Br)cc2c(=O)n1N=Cc1ccc(OCC(=O)N2CCOCC2)cc1. The summed E-state index contributed by atoms with van der Waals surface area (Å²) in [5, 5.41) is 4.97. The van der Waals surface area contributed by atoms with Crippen molar-refractivity contribution in [3.63, 3.8) is 0 Å². The summed E-state index contributed by atoms with van der Waals surface area (Å²) in [6, 6.07) is 12.6. The minimum atomic E-state index is -0.386. The maximum absolute atomic E-state index is 13.2. The molecule has 8 nitrogen and oxygen atoms in total. The molecule has 0 bridgehead atoms. The van der Waals surface area contributed by atoms with Crippen molar-refractivity contribution in [2.45, 2.75) is 26.2 Å².